The van der Waals surface area contributed by atoms with Gasteiger partial charge in [-0.2, -0.15) is 4.31 Å². The van der Waals surface area contributed by atoms with Gasteiger partial charge in [-0.25, -0.2) is 8.42 Å². The van der Waals surface area contributed by atoms with Crippen molar-refractivity contribution in [3.05, 3.63) is 54.1 Å². The highest BCUT2D eigenvalue weighted by Crippen LogP contribution is 2.28. The van der Waals surface area contributed by atoms with E-state index in [1.807, 2.05) is 55.5 Å². The number of para-hydroxylation sites is 2. The number of benzene rings is 2. The quantitative estimate of drug-likeness (QED) is 0.507. The van der Waals surface area contributed by atoms with Crippen LogP contribution in [0.2, 0.25) is 0 Å². The van der Waals surface area contributed by atoms with Crippen molar-refractivity contribution >= 4 is 39.1 Å². The molecule has 1 saturated heterocycles. The number of hydrogen-bond acceptors (Lipinski definition) is 8. The van der Waals surface area contributed by atoms with Crippen LogP contribution in [0.25, 0.3) is 11.5 Å². The molecule has 9 nitrogen and oxygen atoms in total. The molecule has 0 radical (unpaired) electrons. The second kappa shape index (κ2) is 9.94. The normalized spacial score (nSPS) is 14.9. The van der Waals surface area contributed by atoms with Gasteiger partial charge in [-0.1, -0.05) is 41.6 Å². The molecule has 0 bridgehead atoms. The molecule has 1 amide bonds. The van der Waals surface area contributed by atoms with E-state index in [0.29, 0.717) is 43.0 Å². The Labute approximate surface area is 197 Å². The summed E-state index contributed by atoms with van der Waals surface area (Å²) in [6.45, 7) is 3.93. The zero-order chi connectivity index (χ0) is 23.4. The minimum absolute atomic E-state index is 0.117. The molecule has 1 fully saturated rings. The summed E-state index contributed by atoms with van der Waals surface area (Å²) in [4.78, 5) is 14.7. The molecule has 3 aromatic rings. The van der Waals surface area contributed by atoms with Crippen LogP contribution in [-0.4, -0.2) is 67.0 Å². The van der Waals surface area contributed by atoms with Crippen LogP contribution in [0.5, 0.6) is 0 Å². The molecule has 0 unspecified atom stereocenters. The number of carbonyl (C=O) groups is 1. The predicted molar refractivity (Wildman–Crippen MR) is 129 cm³/mol. The fraction of sp³-hybridized carbons (Fsp3) is 0.318. The number of carbonyl (C=O) groups excluding carboxylic acids is 1. The minimum Gasteiger partial charge on any atom is -0.411 e. The fourth-order valence-corrected chi connectivity index (χ4v) is 4.98. The van der Waals surface area contributed by atoms with Gasteiger partial charge in [-0.05, 0) is 31.2 Å². The predicted octanol–water partition coefficient (Wildman–Crippen LogP) is 2.86. The van der Waals surface area contributed by atoms with E-state index < -0.39 is 10.0 Å². The van der Waals surface area contributed by atoms with Crippen LogP contribution < -0.4 is 10.2 Å². The summed E-state index contributed by atoms with van der Waals surface area (Å²) in [5.74, 6) is 0.337. The van der Waals surface area contributed by atoms with Gasteiger partial charge in [0.1, 0.15) is 0 Å². The second-order valence-corrected chi connectivity index (χ2v) is 10.7. The number of amides is 1. The zero-order valence-electron chi connectivity index (χ0n) is 18.4. The molecule has 0 spiro atoms. The Morgan fingerprint density at radius 3 is 2.58 bits per heavy atom. The molecule has 1 aliphatic heterocycles. The first-order chi connectivity index (χ1) is 15.8. The topological polar surface area (TPSA) is 109 Å². The highest BCUT2D eigenvalue weighted by atomic mass is 32.2. The lowest BCUT2D eigenvalue weighted by molar-refractivity contribution is -0.113. The summed E-state index contributed by atoms with van der Waals surface area (Å²) >= 11 is 1.17. The number of aryl methyl sites for hydroxylation is 1. The number of nitrogens with one attached hydrogen (secondary N) is 1. The van der Waals surface area contributed by atoms with Crippen molar-refractivity contribution in [2.45, 2.75) is 12.1 Å². The van der Waals surface area contributed by atoms with Crippen LogP contribution in [-0.2, 0) is 14.8 Å². The van der Waals surface area contributed by atoms with Crippen LogP contribution >= 0.6 is 11.8 Å². The smallest absolute Gasteiger partial charge is 0.277 e. The molecule has 1 N–H and O–H groups in total. The van der Waals surface area contributed by atoms with Crippen molar-refractivity contribution in [1.82, 2.24) is 14.5 Å². The Kier molecular flexibility index (Phi) is 7.01. The molecular weight excluding hydrogens is 462 g/mol. The van der Waals surface area contributed by atoms with Crippen molar-refractivity contribution < 1.29 is 17.6 Å². The summed E-state index contributed by atoms with van der Waals surface area (Å²) in [5.41, 5.74) is 3.48. The van der Waals surface area contributed by atoms with Crippen molar-refractivity contribution in [3.8, 4) is 11.5 Å². The van der Waals surface area contributed by atoms with E-state index in [2.05, 4.69) is 20.4 Å². The van der Waals surface area contributed by atoms with Gasteiger partial charge in [-0.3, -0.25) is 4.79 Å². The maximum absolute atomic E-state index is 12.6. The van der Waals surface area contributed by atoms with E-state index in [1.54, 1.807) is 0 Å². The summed E-state index contributed by atoms with van der Waals surface area (Å²) in [6.07, 6.45) is 1.22. The summed E-state index contributed by atoms with van der Waals surface area (Å²) < 4.78 is 30.7. The number of thioether (sulfide) groups is 1. The number of rotatable bonds is 7. The molecule has 1 aliphatic rings. The van der Waals surface area contributed by atoms with Gasteiger partial charge in [0.05, 0.1) is 23.4 Å². The number of hydrogen-bond donors (Lipinski definition) is 1. The Balaban J connectivity index is 1.35. The molecule has 33 heavy (non-hydrogen) atoms. The maximum Gasteiger partial charge on any atom is 0.277 e. The van der Waals surface area contributed by atoms with E-state index in [9.17, 15) is 13.2 Å². The van der Waals surface area contributed by atoms with E-state index in [-0.39, 0.29) is 11.7 Å². The van der Waals surface area contributed by atoms with Crippen molar-refractivity contribution in [3.63, 3.8) is 0 Å². The van der Waals surface area contributed by atoms with E-state index >= 15 is 0 Å². The van der Waals surface area contributed by atoms with Gasteiger partial charge in [0.15, 0.2) is 0 Å². The Morgan fingerprint density at radius 1 is 1.09 bits per heavy atom. The maximum atomic E-state index is 12.6. The van der Waals surface area contributed by atoms with Crippen molar-refractivity contribution in [2.24, 2.45) is 0 Å². The van der Waals surface area contributed by atoms with Crippen LogP contribution in [0.1, 0.15) is 5.56 Å². The lowest BCUT2D eigenvalue weighted by atomic mass is 10.1. The van der Waals surface area contributed by atoms with Gasteiger partial charge in [0.2, 0.25) is 21.8 Å². The van der Waals surface area contributed by atoms with E-state index in [0.717, 1.165) is 16.8 Å². The van der Waals surface area contributed by atoms with Crippen LogP contribution in [0.15, 0.2) is 58.2 Å². The van der Waals surface area contributed by atoms with Crippen LogP contribution in [0, 0.1) is 6.92 Å². The number of aromatic nitrogens is 2. The average Bonchev–Trinajstić information content (AvgIpc) is 3.27. The standard InChI is InChI=1S/C22H25N5O4S2/c1-16-6-5-7-17(14-16)21-24-25-22(31-21)32-15-20(28)23-18-8-3-4-9-19(18)26-10-12-27(13-11-26)33(2,29)30/h3-9,14H,10-13,15H2,1-2H3,(H,23,28). The molecule has 2 heterocycles. The second-order valence-electron chi connectivity index (χ2n) is 7.75. The lowest BCUT2D eigenvalue weighted by Gasteiger charge is -2.35. The minimum atomic E-state index is -3.20. The largest absolute Gasteiger partial charge is 0.411 e. The van der Waals surface area contributed by atoms with Gasteiger partial charge < -0.3 is 14.6 Å². The van der Waals surface area contributed by atoms with E-state index in [1.165, 1.54) is 22.3 Å². The van der Waals surface area contributed by atoms with Crippen molar-refractivity contribution in [2.75, 3.05) is 48.4 Å². The molecular formula is C22H25N5O4S2. The van der Waals surface area contributed by atoms with Gasteiger partial charge in [0.25, 0.3) is 5.22 Å². The number of anilines is 2. The SMILES string of the molecule is Cc1cccc(-c2nnc(SCC(=O)Nc3ccccc3N3CCN(S(C)(=O)=O)CC3)o2)c1. The van der Waals surface area contributed by atoms with Gasteiger partial charge >= 0.3 is 0 Å². The first-order valence-electron chi connectivity index (χ1n) is 10.4. The molecule has 2 aromatic carbocycles. The molecule has 4 rings (SSSR count). The third-order valence-corrected chi connectivity index (χ3v) is 7.35. The average molecular weight is 488 g/mol. The first kappa shape index (κ1) is 23.3. The summed E-state index contributed by atoms with van der Waals surface area (Å²) in [6, 6.07) is 15.3. The summed E-state index contributed by atoms with van der Waals surface area (Å²) in [5, 5.41) is 11.4. The molecule has 174 valence electrons. The van der Waals surface area contributed by atoms with Gasteiger partial charge in [0, 0.05) is 31.7 Å². The third kappa shape index (κ3) is 5.92. The third-order valence-electron chi connectivity index (χ3n) is 5.22. The molecule has 1 aromatic heterocycles. The zero-order valence-corrected chi connectivity index (χ0v) is 20.0. The molecule has 11 heteroatoms. The van der Waals surface area contributed by atoms with Crippen LogP contribution in [0.4, 0.5) is 11.4 Å². The first-order valence-corrected chi connectivity index (χ1v) is 13.3. The Morgan fingerprint density at radius 2 is 1.85 bits per heavy atom. The van der Waals surface area contributed by atoms with Gasteiger partial charge in [-0.15, -0.1) is 10.2 Å². The number of nitrogens with zero attached hydrogens (tertiary/aromatic N) is 4. The monoisotopic (exact) mass is 487 g/mol. The van der Waals surface area contributed by atoms with Crippen molar-refractivity contribution in [1.29, 1.82) is 0 Å². The number of sulfonamides is 1. The Bertz CT molecular complexity index is 1240. The fourth-order valence-electron chi connectivity index (χ4n) is 3.59. The molecule has 0 saturated carbocycles. The molecule has 0 aliphatic carbocycles. The Hall–Kier alpha value is -2.89. The summed E-state index contributed by atoms with van der Waals surface area (Å²) in [7, 11) is -3.20. The number of piperazine rings is 1. The molecule has 0 atom stereocenters. The highest BCUT2D eigenvalue weighted by Gasteiger charge is 2.25. The van der Waals surface area contributed by atoms with Crippen LogP contribution in [0.3, 0.4) is 0 Å². The highest BCUT2D eigenvalue weighted by molar-refractivity contribution is 7.99. The van der Waals surface area contributed by atoms with E-state index in [4.69, 9.17) is 4.42 Å². The lowest BCUT2D eigenvalue weighted by Crippen LogP contribution is -2.48.